The lowest BCUT2D eigenvalue weighted by atomic mass is 10.3. The van der Waals surface area contributed by atoms with Crippen molar-refractivity contribution in [3.63, 3.8) is 0 Å². The summed E-state index contributed by atoms with van der Waals surface area (Å²) >= 11 is 5.74. The van der Waals surface area contributed by atoms with E-state index in [1.165, 1.54) is 6.07 Å². The minimum Gasteiger partial charge on any atom is -0.406 e. The zero-order valence-electron chi connectivity index (χ0n) is 5.93. The third-order valence-corrected chi connectivity index (χ3v) is 1.78. The zero-order chi connectivity index (χ0) is 8.72. The Kier molecular flexibility index (Phi) is 1.38. The lowest BCUT2D eigenvalue weighted by Crippen LogP contribution is -1.93. The van der Waals surface area contributed by atoms with E-state index in [0.717, 1.165) is 0 Å². The van der Waals surface area contributed by atoms with E-state index in [1.54, 1.807) is 6.07 Å². The summed E-state index contributed by atoms with van der Waals surface area (Å²) in [5, 5.41) is 0.336. The molecule has 0 aliphatic rings. The Morgan fingerprint density at radius 2 is 2.25 bits per heavy atom. The number of aromatic nitrogens is 1. The maximum absolute atomic E-state index is 10.7. The molecule has 0 atom stereocenters. The van der Waals surface area contributed by atoms with Crippen molar-refractivity contribution < 1.29 is 4.42 Å². The average Bonchev–Trinajstić information content (AvgIpc) is 2.29. The second kappa shape index (κ2) is 2.28. The van der Waals surface area contributed by atoms with Crippen molar-refractivity contribution in [2.24, 2.45) is 0 Å². The second-order valence-corrected chi connectivity index (χ2v) is 2.80. The van der Waals surface area contributed by atoms with Crippen molar-refractivity contribution in [2.45, 2.75) is 0 Å². The molecule has 2 rings (SSSR count). The molecule has 5 heteroatoms. The Morgan fingerprint density at radius 1 is 1.50 bits per heavy atom. The molecule has 1 heterocycles. The molecule has 3 N–H and O–H groups in total. The van der Waals surface area contributed by atoms with Gasteiger partial charge in [0, 0.05) is 5.69 Å². The average molecular weight is 185 g/mol. The minimum atomic E-state index is -0.530. The van der Waals surface area contributed by atoms with E-state index >= 15 is 0 Å². The quantitative estimate of drug-likeness (QED) is 0.608. The molecule has 1 aromatic carbocycles. The van der Waals surface area contributed by atoms with Crippen LogP contribution in [0.4, 0.5) is 5.69 Å². The van der Waals surface area contributed by atoms with Gasteiger partial charge in [-0.25, -0.2) is 4.79 Å². The van der Waals surface area contributed by atoms with Gasteiger partial charge in [-0.3, -0.25) is 4.98 Å². The smallest absolute Gasteiger partial charge is 0.406 e. The Balaban J connectivity index is 2.97. The molecule has 0 aliphatic carbocycles. The number of aromatic amines is 1. The molecule has 2 aromatic rings. The number of oxazole rings is 1. The van der Waals surface area contributed by atoms with E-state index in [0.29, 0.717) is 21.8 Å². The lowest BCUT2D eigenvalue weighted by molar-refractivity contribution is 0.555. The van der Waals surface area contributed by atoms with Gasteiger partial charge in [0.15, 0.2) is 5.58 Å². The van der Waals surface area contributed by atoms with Crippen LogP contribution in [0, 0.1) is 0 Å². The summed E-state index contributed by atoms with van der Waals surface area (Å²) in [6, 6.07) is 3.12. The maximum Gasteiger partial charge on any atom is 0.417 e. The highest BCUT2D eigenvalue weighted by Gasteiger charge is 2.05. The van der Waals surface area contributed by atoms with Gasteiger partial charge in [0.05, 0.1) is 10.5 Å². The molecule has 0 saturated heterocycles. The molecule has 0 radical (unpaired) electrons. The summed E-state index contributed by atoms with van der Waals surface area (Å²) in [6.45, 7) is 0. The SMILES string of the molecule is Nc1cc(Cl)c2oc(=O)[nH]c2c1. The van der Waals surface area contributed by atoms with E-state index in [2.05, 4.69) is 4.98 Å². The largest absolute Gasteiger partial charge is 0.417 e. The van der Waals surface area contributed by atoms with Gasteiger partial charge >= 0.3 is 5.76 Å². The number of anilines is 1. The van der Waals surface area contributed by atoms with Crippen molar-refractivity contribution in [3.8, 4) is 0 Å². The van der Waals surface area contributed by atoms with E-state index in [-0.39, 0.29) is 0 Å². The third kappa shape index (κ3) is 0.967. The number of H-pyrrole nitrogens is 1. The van der Waals surface area contributed by atoms with Crippen LogP contribution in [-0.4, -0.2) is 4.98 Å². The number of nitrogens with one attached hydrogen (secondary N) is 1. The van der Waals surface area contributed by atoms with Crippen LogP contribution in [0.2, 0.25) is 5.02 Å². The number of nitrogen functional groups attached to an aromatic ring is 1. The van der Waals surface area contributed by atoms with Crippen LogP contribution in [0.25, 0.3) is 11.1 Å². The molecule has 4 nitrogen and oxygen atoms in total. The van der Waals surface area contributed by atoms with Crippen molar-refractivity contribution in [1.82, 2.24) is 4.98 Å². The van der Waals surface area contributed by atoms with Gasteiger partial charge in [-0.05, 0) is 12.1 Å². The number of rotatable bonds is 0. The summed E-state index contributed by atoms with van der Waals surface area (Å²) in [6.07, 6.45) is 0. The summed E-state index contributed by atoms with van der Waals surface area (Å²) in [4.78, 5) is 13.2. The van der Waals surface area contributed by atoms with Crippen LogP contribution in [0.15, 0.2) is 21.3 Å². The first-order valence-electron chi connectivity index (χ1n) is 3.24. The standard InChI is InChI=1S/C7H5ClN2O2/c8-4-1-3(9)2-5-6(4)12-7(11)10-5/h1-2H,9H2,(H,10,11). The monoisotopic (exact) mass is 184 g/mol. The summed E-state index contributed by atoms with van der Waals surface area (Å²) < 4.78 is 4.76. The van der Waals surface area contributed by atoms with Crippen LogP contribution >= 0.6 is 11.6 Å². The molecule has 1 aromatic heterocycles. The normalized spacial score (nSPS) is 10.8. The first-order valence-corrected chi connectivity index (χ1v) is 3.62. The third-order valence-electron chi connectivity index (χ3n) is 1.50. The topological polar surface area (TPSA) is 72.0 Å². The van der Waals surface area contributed by atoms with Crippen LogP contribution < -0.4 is 11.5 Å². The number of nitrogens with two attached hydrogens (primary N) is 1. The molecular formula is C7H5ClN2O2. The van der Waals surface area contributed by atoms with Crippen LogP contribution in [0.3, 0.4) is 0 Å². The first-order chi connectivity index (χ1) is 5.66. The first kappa shape index (κ1) is 7.24. The van der Waals surface area contributed by atoms with E-state index in [4.69, 9.17) is 21.8 Å². The summed E-state index contributed by atoms with van der Waals surface area (Å²) in [5.74, 6) is -0.530. The minimum absolute atomic E-state index is 0.336. The molecule has 0 bridgehead atoms. The number of hydrogen-bond donors (Lipinski definition) is 2. The fourth-order valence-electron chi connectivity index (χ4n) is 1.04. The zero-order valence-corrected chi connectivity index (χ0v) is 6.68. The second-order valence-electron chi connectivity index (χ2n) is 2.39. The van der Waals surface area contributed by atoms with E-state index in [1.807, 2.05) is 0 Å². The Hall–Kier alpha value is -1.42. The fourth-order valence-corrected chi connectivity index (χ4v) is 1.31. The molecule has 0 spiro atoms. The highest BCUT2D eigenvalue weighted by molar-refractivity contribution is 6.35. The molecule has 0 aliphatic heterocycles. The van der Waals surface area contributed by atoms with Crippen LogP contribution in [-0.2, 0) is 0 Å². The van der Waals surface area contributed by atoms with E-state index in [9.17, 15) is 4.79 Å². The maximum atomic E-state index is 10.7. The van der Waals surface area contributed by atoms with Gasteiger partial charge in [-0.1, -0.05) is 11.6 Å². The van der Waals surface area contributed by atoms with Crippen molar-refractivity contribution >= 4 is 28.4 Å². The van der Waals surface area contributed by atoms with Crippen LogP contribution in [0.1, 0.15) is 0 Å². The predicted molar refractivity (Wildman–Crippen MR) is 46.3 cm³/mol. The van der Waals surface area contributed by atoms with Gasteiger partial charge in [0.1, 0.15) is 0 Å². The summed E-state index contributed by atoms with van der Waals surface area (Å²) in [5.41, 5.74) is 6.84. The van der Waals surface area contributed by atoms with E-state index < -0.39 is 5.76 Å². The fraction of sp³-hybridized carbons (Fsp3) is 0. The molecule has 62 valence electrons. The number of fused-ring (bicyclic) bond motifs is 1. The Morgan fingerprint density at radius 3 is 3.00 bits per heavy atom. The molecule has 0 amide bonds. The Labute approximate surface area is 71.9 Å². The highest BCUT2D eigenvalue weighted by Crippen LogP contribution is 2.23. The van der Waals surface area contributed by atoms with Gasteiger partial charge in [0.2, 0.25) is 0 Å². The molecule has 12 heavy (non-hydrogen) atoms. The van der Waals surface area contributed by atoms with Gasteiger partial charge < -0.3 is 10.2 Å². The summed E-state index contributed by atoms with van der Waals surface area (Å²) in [7, 11) is 0. The van der Waals surface area contributed by atoms with Gasteiger partial charge in [-0.2, -0.15) is 0 Å². The molecular weight excluding hydrogens is 180 g/mol. The number of benzene rings is 1. The van der Waals surface area contributed by atoms with Crippen molar-refractivity contribution in [1.29, 1.82) is 0 Å². The molecule has 0 fully saturated rings. The molecule has 0 unspecified atom stereocenters. The number of halogens is 1. The Bertz CT molecular complexity index is 486. The van der Waals surface area contributed by atoms with Crippen molar-refractivity contribution in [2.75, 3.05) is 5.73 Å². The van der Waals surface area contributed by atoms with Crippen LogP contribution in [0.5, 0.6) is 0 Å². The van der Waals surface area contributed by atoms with Gasteiger partial charge in [-0.15, -0.1) is 0 Å². The van der Waals surface area contributed by atoms with Crippen molar-refractivity contribution in [3.05, 3.63) is 27.7 Å². The predicted octanol–water partition coefficient (Wildman–Crippen LogP) is 1.36. The number of hydrogen-bond acceptors (Lipinski definition) is 3. The lowest BCUT2D eigenvalue weighted by Gasteiger charge is -1.93. The molecule has 0 saturated carbocycles. The highest BCUT2D eigenvalue weighted by atomic mass is 35.5. The van der Waals surface area contributed by atoms with Gasteiger partial charge in [0.25, 0.3) is 0 Å².